The average Bonchev–Trinajstić information content (AvgIpc) is 2.22. The molecule has 0 radical (unpaired) electrons. The lowest BCUT2D eigenvalue weighted by atomic mass is 10.0. The van der Waals surface area contributed by atoms with E-state index in [2.05, 4.69) is 5.32 Å². The van der Waals surface area contributed by atoms with Gasteiger partial charge in [0.05, 0.1) is 5.92 Å². The molecule has 1 rings (SSSR count). The molecule has 0 heterocycles. The highest BCUT2D eigenvalue weighted by molar-refractivity contribution is 6.31. The number of halogens is 1. The summed E-state index contributed by atoms with van der Waals surface area (Å²) in [7, 11) is 0. The zero-order valence-electron chi connectivity index (χ0n) is 9.75. The van der Waals surface area contributed by atoms with Gasteiger partial charge < -0.3 is 11.1 Å². The Morgan fingerprint density at radius 2 is 2.06 bits per heavy atom. The van der Waals surface area contributed by atoms with Crippen LogP contribution in [0.4, 0.5) is 5.69 Å². The van der Waals surface area contributed by atoms with Crippen molar-refractivity contribution < 1.29 is 4.79 Å². The van der Waals surface area contributed by atoms with E-state index >= 15 is 0 Å². The zero-order valence-corrected chi connectivity index (χ0v) is 10.5. The maximum Gasteiger partial charge on any atom is 0.228 e. The first-order chi connectivity index (χ1) is 7.41. The van der Waals surface area contributed by atoms with E-state index in [1.807, 2.05) is 19.9 Å². The number of hydrogen-bond acceptors (Lipinski definition) is 2. The Hall–Kier alpha value is -1.06. The van der Waals surface area contributed by atoms with E-state index in [1.165, 1.54) is 0 Å². The van der Waals surface area contributed by atoms with Crippen molar-refractivity contribution in [1.82, 2.24) is 0 Å². The van der Waals surface area contributed by atoms with Crippen molar-refractivity contribution in [3.63, 3.8) is 0 Å². The predicted molar refractivity (Wildman–Crippen MR) is 67.6 cm³/mol. The van der Waals surface area contributed by atoms with Gasteiger partial charge in [-0.25, -0.2) is 0 Å². The molecule has 0 spiro atoms. The van der Waals surface area contributed by atoms with Gasteiger partial charge >= 0.3 is 0 Å². The van der Waals surface area contributed by atoms with Crippen LogP contribution in [0.5, 0.6) is 0 Å². The van der Waals surface area contributed by atoms with Crippen molar-refractivity contribution in [2.24, 2.45) is 11.7 Å². The molecule has 88 valence electrons. The van der Waals surface area contributed by atoms with Crippen LogP contribution in [0.15, 0.2) is 18.2 Å². The quantitative estimate of drug-likeness (QED) is 0.853. The number of anilines is 1. The molecular formula is C12H17ClN2O. The number of aryl methyl sites for hydroxylation is 1. The first kappa shape index (κ1) is 13.0. The lowest BCUT2D eigenvalue weighted by Gasteiger charge is -2.16. The van der Waals surface area contributed by atoms with Crippen molar-refractivity contribution in [2.75, 3.05) is 5.32 Å². The van der Waals surface area contributed by atoms with Crippen LogP contribution in [0.1, 0.15) is 19.4 Å². The fourth-order valence-electron chi connectivity index (χ4n) is 1.21. The second kappa shape index (κ2) is 5.32. The molecule has 3 nitrogen and oxygen atoms in total. The Morgan fingerprint density at radius 3 is 2.62 bits per heavy atom. The highest BCUT2D eigenvalue weighted by Crippen LogP contribution is 2.20. The van der Waals surface area contributed by atoms with Gasteiger partial charge in [0.15, 0.2) is 0 Å². The van der Waals surface area contributed by atoms with Gasteiger partial charge in [0.1, 0.15) is 0 Å². The number of rotatable bonds is 3. The van der Waals surface area contributed by atoms with Crippen LogP contribution in [-0.2, 0) is 4.79 Å². The summed E-state index contributed by atoms with van der Waals surface area (Å²) < 4.78 is 0. The van der Waals surface area contributed by atoms with Gasteiger partial charge in [-0.2, -0.15) is 0 Å². The summed E-state index contributed by atoms with van der Waals surface area (Å²) in [5.74, 6) is -0.307. The van der Waals surface area contributed by atoms with Gasteiger partial charge in [-0.3, -0.25) is 4.79 Å². The molecule has 0 bridgehead atoms. The van der Waals surface area contributed by atoms with Crippen LogP contribution in [0.3, 0.4) is 0 Å². The molecule has 4 heteroatoms. The van der Waals surface area contributed by atoms with E-state index in [-0.39, 0.29) is 17.9 Å². The third-order valence-corrected chi connectivity index (χ3v) is 2.89. The molecule has 0 saturated carbocycles. The third-order valence-electron chi connectivity index (χ3n) is 2.66. The van der Waals surface area contributed by atoms with Gasteiger partial charge in [0.2, 0.25) is 5.91 Å². The maximum absolute atomic E-state index is 11.8. The van der Waals surface area contributed by atoms with Gasteiger partial charge in [0.25, 0.3) is 0 Å². The van der Waals surface area contributed by atoms with Crippen LogP contribution < -0.4 is 11.1 Å². The summed E-state index contributed by atoms with van der Waals surface area (Å²) in [4.78, 5) is 11.8. The predicted octanol–water partition coefficient (Wildman–Crippen LogP) is 2.57. The molecule has 0 aliphatic heterocycles. The number of nitrogens with one attached hydrogen (secondary N) is 1. The summed E-state index contributed by atoms with van der Waals surface area (Å²) in [5, 5.41) is 3.43. The van der Waals surface area contributed by atoms with Crippen molar-refractivity contribution in [3.8, 4) is 0 Å². The number of nitrogens with two attached hydrogens (primary N) is 1. The molecule has 0 aromatic heterocycles. The van der Waals surface area contributed by atoms with Crippen LogP contribution in [0.25, 0.3) is 0 Å². The smallest absolute Gasteiger partial charge is 0.228 e. The molecular weight excluding hydrogens is 224 g/mol. The normalized spacial score (nSPS) is 14.3. The Bertz CT molecular complexity index is 391. The fourth-order valence-corrected chi connectivity index (χ4v) is 1.39. The number of carbonyl (C=O) groups excluding carboxylic acids is 1. The fraction of sp³-hybridized carbons (Fsp3) is 0.417. The topological polar surface area (TPSA) is 55.1 Å². The molecule has 1 aromatic carbocycles. The second-order valence-electron chi connectivity index (χ2n) is 4.10. The molecule has 0 aliphatic carbocycles. The van der Waals surface area contributed by atoms with Crippen LogP contribution in [-0.4, -0.2) is 11.9 Å². The largest absolute Gasteiger partial charge is 0.327 e. The summed E-state index contributed by atoms with van der Waals surface area (Å²) in [6.07, 6.45) is 0. The Balaban J connectivity index is 2.80. The van der Waals surface area contributed by atoms with E-state index in [9.17, 15) is 4.79 Å². The number of amides is 1. The van der Waals surface area contributed by atoms with E-state index in [4.69, 9.17) is 17.3 Å². The van der Waals surface area contributed by atoms with Crippen molar-refractivity contribution in [2.45, 2.75) is 26.8 Å². The summed E-state index contributed by atoms with van der Waals surface area (Å²) in [6.45, 7) is 5.54. The zero-order chi connectivity index (χ0) is 12.3. The van der Waals surface area contributed by atoms with Crippen LogP contribution >= 0.6 is 11.6 Å². The molecule has 1 amide bonds. The van der Waals surface area contributed by atoms with Crippen molar-refractivity contribution in [3.05, 3.63) is 28.8 Å². The first-order valence-electron chi connectivity index (χ1n) is 5.24. The SMILES string of the molecule is Cc1ccc(Cl)cc1NC(=O)C(C)C(C)N. The Labute approximate surface area is 101 Å². The van der Waals surface area contributed by atoms with E-state index in [0.29, 0.717) is 5.02 Å². The van der Waals surface area contributed by atoms with Gasteiger partial charge in [-0.15, -0.1) is 0 Å². The van der Waals surface area contributed by atoms with Crippen molar-refractivity contribution >= 4 is 23.2 Å². The van der Waals surface area contributed by atoms with Gasteiger partial charge in [-0.1, -0.05) is 24.6 Å². The number of benzene rings is 1. The summed E-state index contributed by atoms with van der Waals surface area (Å²) in [6, 6.07) is 5.23. The molecule has 0 aliphatic rings. The third kappa shape index (κ3) is 3.22. The lowest BCUT2D eigenvalue weighted by Crippen LogP contribution is -2.34. The molecule has 1 aromatic rings. The van der Waals surface area contributed by atoms with Gasteiger partial charge in [0, 0.05) is 16.8 Å². The average molecular weight is 241 g/mol. The summed E-state index contributed by atoms with van der Waals surface area (Å²) in [5.41, 5.74) is 7.39. The number of carbonyl (C=O) groups is 1. The molecule has 16 heavy (non-hydrogen) atoms. The molecule has 0 fully saturated rings. The first-order valence-corrected chi connectivity index (χ1v) is 5.62. The van der Waals surface area contributed by atoms with E-state index in [1.54, 1.807) is 19.1 Å². The standard InChI is InChI=1S/C12H17ClN2O/c1-7-4-5-10(13)6-11(7)15-12(16)8(2)9(3)14/h4-6,8-9H,14H2,1-3H3,(H,15,16). The monoisotopic (exact) mass is 240 g/mol. The van der Waals surface area contributed by atoms with Crippen molar-refractivity contribution in [1.29, 1.82) is 0 Å². The molecule has 2 unspecified atom stereocenters. The number of hydrogen-bond donors (Lipinski definition) is 2. The minimum Gasteiger partial charge on any atom is -0.327 e. The minimum absolute atomic E-state index is 0.0830. The molecule has 0 saturated heterocycles. The van der Waals surface area contributed by atoms with Gasteiger partial charge in [-0.05, 0) is 31.5 Å². The second-order valence-corrected chi connectivity index (χ2v) is 4.53. The Kier molecular flexibility index (Phi) is 4.33. The van der Waals surface area contributed by atoms with Crippen LogP contribution in [0.2, 0.25) is 5.02 Å². The molecule has 2 atom stereocenters. The lowest BCUT2D eigenvalue weighted by molar-refractivity contribution is -0.119. The highest BCUT2D eigenvalue weighted by Gasteiger charge is 2.17. The minimum atomic E-state index is -0.224. The summed E-state index contributed by atoms with van der Waals surface area (Å²) >= 11 is 5.87. The molecule has 3 N–H and O–H groups in total. The van der Waals surface area contributed by atoms with E-state index in [0.717, 1.165) is 11.3 Å². The highest BCUT2D eigenvalue weighted by atomic mass is 35.5. The van der Waals surface area contributed by atoms with Crippen LogP contribution in [0, 0.1) is 12.8 Å². The van der Waals surface area contributed by atoms with E-state index < -0.39 is 0 Å². The Morgan fingerprint density at radius 1 is 1.44 bits per heavy atom. The maximum atomic E-state index is 11.8.